The van der Waals surface area contributed by atoms with E-state index in [0.717, 1.165) is 146 Å². The van der Waals surface area contributed by atoms with Crippen LogP contribution in [0.25, 0.3) is 123 Å². The van der Waals surface area contributed by atoms with Crippen LogP contribution >= 0.6 is 0 Å². The zero-order valence-corrected chi connectivity index (χ0v) is 48.7. The van der Waals surface area contributed by atoms with E-state index in [4.69, 9.17) is 28.8 Å². The molecule has 424 valence electrons. The lowest BCUT2D eigenvalue weighted by Gasteiger charge is -2.26. The van der Waals surface area contributed by atoms with Crippen LogP contribution in [0.1, 0.15) is 0 Å². The van der Waals surface area contributed by atoms with Gasteiger partial charge in [0.15, 0.2) is 11.2 Å². The predicted molar refractivity (Wildman–Crippen MR) is 368 cm³/mol. The van der Waals surface area contributed by atoms with Crippen molar-refractivity contribution in [2.45, 2.75) is 0 Å². The summed E-state index contributed by atoms with van der Waals surface area (Å²) in [7, 11) is 0. The number of aromatic nitrogens is 4. The van der Waals surface area contributed by atoms with Gasteiger partial charge in [-0.1, -0.05) is 206 Å². The number of anilines is 6. The monoisotopic (exact) mass is 1150 g/mol. The van der Waals surface area contributed by atoms with Crippen molar-refractivity contribution >= 4 is 67.4 Å². The fourth-order valence-corrected chi connectivity index (χ4v) is 12.2. The van der Waals surface area contributed by atoms with Crippen LogP contribution in [0.15, 0.2) is 336 Å². The Morgan fingerprint density at radius 2 is 0.489 bits per heavy atom. The van der Waals surface area contributed by atoms with E-state index in [1.54, 1.807) is 0 Å². The smallest absolute Gasteiger partial charge is 0.227 e. The van der Waals surface area contributed by atoms with Gasteiger partial charge in [0.1, 0.15) is 11.0 Å². The molecule has 0 aliphatic heterocycles. The quantitative estimate of drug-likeness (QED) is 0.106. The van der Waals surface area contributed by atoms with E-state index < -0.39 is 0 Å². The minimum absolute atomic E-state index is 0.580. The number of para-hydroxylation sites is 6. The first kappa shape index (κ1) is 53.2. The van der Waals surface area contributed by atoms with Crippen molar-refractivity contribution in [1.82, 2.24) is 19.9 Å². The van der Waals surface area contributed by atoms with Crippen LogP contribution in [0.2, 0.25) is 0 Å². The molecule has 0 N–H and O–H groups in total. The number of fused-ring (bicyclic) bond motifs is 3. The van der Waals surface area contributed by atoms with Crippen molar-refractivity contribution in [1.29, 1.82) is 0 Å². The summed E-state index contributed by atoms with van der Waals surface area (Å²) in [5, 5.41) is 0. The summed E-state index contributed by atoms with van der Waals surface area (Å²) in [6.07, 6.45) is 0. The van der Waals surface area contributed by atoms with Crippen molar-refractivity contribution in [2.75, 3.05) is 9.80 Å². The number of hydrogen-bond donors (Lipinski definition) is 0. The average molecular weight is 1160 g/mol. The van der Waals surface area contributed by atoms with Crippen molar-refractivity contribution in [2.24, 2.45) is 0 Å². The lowest BCUT2D eigenvalue weighted by molar-refractivity contribution is 0.619. The molecule has 13 aromatic carbocycles. The number of benzene rings is 13. The Labute approximate surface area is 520 Å². The van der Waals surface area contributed by atoms with E-state index in [9.17, 15) is 0 Å². The zero-order valence-electron chi connectivity index (χ0n) is 48.7. The van der Waals surface area contributed by atoms with Crippen molar-refractivity contribution in [3.8, 4) is 89.9 Å². The van der Waals surface area contributed by atoms with Gasteiger partial charge >= 0.3 is 0 Å². The van der Waals surface area contributed by atoms with Gasteiger partial charge in [0.2, 0.25) is 11.8 Å². The van der Waals surface area contributed by atoms with Crippen LogP contribution in [-0.4, -0.2) is 19.9 Å². The molecule has 0 fully saturated rings. The van der Waals surface area contributed by atoms with Gasteiger partial charge in [-0.2, -0.15) is 0 Å². The largest absolute Gasteiger partial charge is 0.436 e. The summed E-state index contributed by atoms with van der Waals surface area (Å²) < 4.78 is 12.4. The third-order valence-electron chi connectivity index (χ3n) is 16.6. The topological polar surface area (TPSA) is 84.3 Å². The Balaban J connectivity index is 0.871. The maximum absolute atomic E-state index is 6.19. The first-order valence-electron chi connectivity index (χ1n) is 30.1. The highest BCUT2D eigenvalue weighted by molar-refractivity contribution is 6.07. The van der Waals surface area contributed by atoms with E-state index in [0.29, 0.717) is 11.8 Å². The molecule has 0 aliphatic rings. The van der Waals surface area contributed by atoms with Gasteiger partial charge < -0.3 is 18.6 Å². The predicted octanol–water partition coefficient (Wildman–Crippen LogP) is 22.2. The van der Waals surface area contributed by atoms with Gasteiger partial charge in [0.25, 0.3) is 0 Å². The first-order valence-corrected chi connectivity index (χ1v) is 30.1. The molecule has 90 heavy (non-hydrogen) atoms. The molecule has 0 unspecified atom stereocenters. The number of hydrogen-bond acceptors (Lipinski definition) is 8. The summed E-state index contributed by atoms with van der Waals surface area (Å²) in [5.74, 6) is 1.16. The maximum atomic E-state index is 6.19. The highest BCUT2D eigenvalue weighted by atomic mass is 16.4. The van der Waals surface area contributed by atoms with Gasteiger partial charge in [-0.05, 0) is 155 Å². The normalized spacial score (nSPS) is 11.3. The highest BCUT2D eigenvalue weighted by Crippen LogP contribution is 2.46. The molecule has 0 saturated carbocycles. The summed E-state index contributed by atoms with van der Waals surface area (Å²) in [6, 6.07) is 114. The molecular formula is C82H54N6O2. The molecule has 8 nitrogen and oxygen atoms in total. The van der Waals surface area contributed by atoms with E-state index in [-0.39, 0.29) is 0 Å². The van der Waals surface area contributed by atoms with Crippen LogP contribution in [0.5, 0.6) is 0 Å². The average Bonchev–Trinajstić information content (AvgIpc) is 1.19. The lowest BCUT2D eigenvalue weighted by atomic mass is 9.89. The zero-order chi connectivity index (χ0) is 59.7. The fourth-order valence-electron chi connectivity index (χ4n) is 12.2. The SMILES string of the molecule is c1ccc(-c2ccccc2-c2ccc(-c3ccccc3-c3ccccc3)c3nc(-c4ccc(N(c5ccccc5)c5ccc(-c6nc7ccccc7o6)cc5)cc4)c(-c4ccc(N(c5ccccc5)c5ccc(-c6nc7ccccc7o6)cc5)cc4)nc23)cc1. The number of rotatable bonds is 14. The summed E-state index contributed by atoms with van der Waals surface area (Å²) in [6.45, 7) is 0. The Bertz CT molecular complexity index is 4810. The minimum Gasteiger partial charge on any atom is -0.436 e. The minimum atomic E-state index is 0.580. The Kier molecular flexibility index (Phi) is 13.7. The van der Waals surface area contributed by atoms with Gasteiger partial charge in [0, 0.05) is 67.5 Å². The summed E-state index contributed by atoms with van der Waals surface area (Å²) in [4.78, 5) is 26.0. The number of nitrogens with zero attached hydrogens (tertiary/aromatic N) is 6. The molecule has 0 amide bonds. The van der Waals surface area contributed by atoms with Crippen LogP contribution in [0.4, 0.5) is 34.1 Å². The second-order valence-electron chi connectivity index (χ2n) is 22.1. The van der Waals surface area contributed by atoms with Crippen LogP contribution < -0.4 is 9.80 Å². The lowest BCUT2D eigenvalue weighted by Crippen LogP contribution is -2.10. The molecule has 0 atom stereocenters. The number of oxazole rings is 2. The van der Waals surface area contributed by atoms with Crippen molar-refractivity contribution < 1.29 is 8.83 Å². The fraction of sp³-hybridized carbons (Fsp3) is 0. The maximum Gasteiger partial charge on any atom is 0.227 e. The van der Waals surface area contributed by atoms with E-state index in [1.807, 2.05) is 60.7 Å². The van der Waals surface area contributed by atoms with Gasteiger partial charge in [0.05, 0.1) is 22.4 Å². The standard InChI is InChI=1S/C82H54N6O2/c1-5-21-55(22-6-1)67-29-13-15-31-69(67)71-53-54-72(70-32-16-14-30-68(70)56-23-7-2-8-24-56)80-79(71)85-77(57-37-45-63(46-38-57)87(61-25-9-3-10-26-61)65-49-41-59(42-50-65)81-83-73-33-17-19-35-75(73)89-81)78(86-80)58-39-47-64(48-40-58)88(62-27-11-4-12-28-62)66-51-43-60(44-52-66)82-84-74-34-18-20-36-76(74)90-82/h1-54H. The molecule has 0 radical (unpaired) electrons. The van der Waals surface area contributed by atoms with E-state index >= 15 is 0 Å². The van der Waals surface area contributed by atoms with Crippen LogP contribution in [-0.2, 0) is 0 Å². The Hall–Kier alpha value is -12.3. The highest BCUT2D eigenvalue weighted by Gasteiger charge is 2.24. The third kappa shape index (κ3) is 10.1. The molecule has 16 aromatic rings. The van der Waals surface area contributed by atoms with Crippen molar-refractivity contribution in [3.05, 3.63) is 328 Å². The molecule has 3 heterocycles. The first-order chi connectivity index (χ1) is 44.6. The second kappa shape index (κ2) is 23.2. The second-order valence-corrected chi connectivity index (χ2v) is 22.1. The molecule has 0 spiro atoms. The Morgan fingerprint density at radius 1 is 0.200 bits per heavy atom. The molecule has 8 heteroatoms. The third-order valence-corrected chi connectivity index (χ3v) is 16.6. The van der Waals surface area contributed by atoms with E-state index in [2.05, 4.69) is 277 Å². The molecule has 16 rings (SSSR count). The van der Waals surface area contributed by atoms with E-state index in [1.165, 1.54) is 0 Å². The van der Waals surface area contributed by atoms with Crippen LogP contribution in [0.3, 0.4) is 0 Å². The van der Waals surface area contributed by atoms with Gasteiger partial charge in [-0.15, -0.1) is 0 Å². The Morgan fingerprint density at radius 3 is 0.844 bits per heavy atom. The van der Waals surface area contributed by atoms with Gasteiger partial charge in [-0.25, -0.2) is 19.9 Å². The van der Waals surface area contributed by atoms with Crippen molar-refractivity contribution in [3.63, 3.8) is 0 Å². The summed E-state index contributed by atoms with van der Waals surface area (Å²) >= 11 is 0. The van der Waals surface area contributed by atoms with Gasteiger partial charge in [-0.3, -0.25) is 0 Å². The molecule has 0 saturated heterocycles. The molecule has 0 aliphatic carbocycles. The molecular weight excluding hydrogens is 1100 g/mol. The molecule has 0 bridgehead atoms. The summed E-state index contributed by atoms with van der Waals surface area (Å²) in [5.41, 5.74) is 24.3. The van der Waals surface area contributed by atoms with Crippen LogP contribution in [0, 0.1) is 0 Å². The molecule has 3 aromatic heterocycles.